The molecule has 0 spiro atoms. The first-order valence-electron chi connectivity index (χ1n) is 7.96. The third-order valence-electron chi connectivity index (χ3n) is 3.44. The number of hydrogen-bond acceptors (Lipinski definition) is 3. The van der Waals surface area contributed by atoms with Gasteiger partial charge in [-0.2, -0.15) is 0 Å². The third-order valence-corrected chi connectivity index (χ3v) is 3.44. The lowest BCUT2D eigenvalue weighted by molar-refractivity contribution is -0.118. The summed E-state index contributed by atoms with van der Waals surface area (Å²) in [5.74, 6) is 0.179. The van der Waals surface area contributed by atoms with E-state index in [0.717, 1.165) is 5.69 Å². The summed E-state index contributed by atoms with van der Waals surface area (Å²) in [5, 5.41) is 2.79. The minimum atomic E-state index is -0.462. The Kier molecular flexibility index (Phi) is 5.95. The van der Waals surface area contributed by atoms with Gasteiger partial charge < -0.3 is 10.1 Å². The number of anilines is 2. The van der Waals surface area contributed by atoms with Crippen molar-refractivity contribution in [2.24, 2.45) is 5.92 Å². The quantitative estimate of drug-likeness (QED) is 0.891. The second kappa shape index (κ2) is 8.15. The minimum Gasteiger partial charge on any atom is -0.410 e. The van der Waals surface area contributed by atoms with Gasteiger partial charge in [-0.1, -0.05) is 38.1 Å². The van der Waals surface area contributed by atoms with Crippen LogP contribution in [0.1, 0.15) is 20.8 Å². The van der Waals surface area contributed by atoms with Crippen molar-refractivity contribution in [2.75, 3.05) is 16.8 Å². The standard InChI is InChI=1S/C19H22N2O3/c1-4-21(16-10-6-5-7-11-16)19(23)24-17-12-8-9-15(13-17)20-18(22)14(2)3/h5-14H,4H2,1-3H3,(H,20,22). The summed E-state index contributed by atoms with van der Waals surface area (Å²) in [6.07, 6.45) is -0.462. The third kappa shape index (κ3) is 4.59. The molecule has 0 saturated carbocycles. The van der Waals surface area contributed by atoms with E-state index in [4.69, 9.17) is 4.74 Å². The summed E-state index contributed by atoms with van der Waals surface area (Å²) >= 11 is 0. The molecule has 0 radical (unpaired) electrons. The molecule has 0 bridgehead atoms. The molecule has 2 amide bonds. The predicted molar refractivity (Wildman–Crippen MR) is 95.4 cm³/mol. The van der Waals surface area contributed by atoms with Crippen LogP contribution in [0.25, 0.3) is 0 Å². The van der Waals surface area contributed by atoms with Gasteiger partial charge in [0.1, 0.15) is 5.75 Å². The minimum absolute atomic E-state index is 0.0852. The molecule has 1 N–H and O–H groups in total. The van der Waals surface area contributed by atoms with Crippen molar-refractivity contribution in [2.45, 2.75) is 20.8 Å². The van der Waals surface area contributed by atoms with Gasteiger partial charge in [0.25, 0.3) is 0 Å². The number of ether oxygens (including phenoxy) is 1. The average molecular weight is 326 g/mol. The van der Waals surface area contributed by atoms with Gasteiger partial charge in [0.2, 0.25) is 5.91 Å². The first-order valence-corrected chi connectivity index (χ1v) is 7.96. The van der Waals surface area contributed by atoms with Crippen LogP contribution in [0, 0.1) is 5.92 Å². The molecule has 5 heteroatoms. The molecular weight excluding hydrogens is 304 g/mol. The van der Waals surface area contributed by atoms with Crippen LogP contribution in [0.15, 0.2) is 54.6 Å². The summed E-state index contributed by atoms with van der Waals surface area (Å²) in [6, 6.07) is 16.1. The molecule has 0 aliphatic heterocycles. The van der Waals surface area contributed by atoms with Gasteiger partial charge in [-0.25, -0.2) is 4.79 Å². The lowest BCUT2D eigenvalue weighted by Crippen LogP contribution is -2.33. The van der Waals surface area contributed by atoms with Crippen LogP contribution in [0.5, 0.6) is 5.75 Å². The van der Waals surface area contributed by atoms with E-state index in [2.05, 4.69) is 5.32 Å². The molecular formula is C19H22N2O3. The zero-order valence-electron chi connectivity index (χ0n) is 14.2. The molecule has 0 unspecified atom stereocenters. The Bertz CT molecular complexity index is 699. The zero-order chi connectivity index (χ0) is 17.5. The van der Waals surface area contributed by atoms with Crippen molar-refractivity contribution in [1.82, 2.24) is 0 Å². The monoisotopic (exact) mass is 326 g/mol. The van der Waals surface area contributed by atoms with Gasteiger partial charge in [-0.3, -0.25) is 9.69 Å². The van der Waals surface area contributed by atoms with Gasteiger partial charge in [-0.15, -0.1) is 0 Å². The SMILES string of the molecule is CCN(C(=O)Oc1cccc(NC(=O)C(C)C)c1)c1ccccc1. The summed E-state index contributed by atoms with van der Waals surface area (Å²) < 4.78 is 5.44. The fourth-order valence-electron chi connectivity index (χ4n) is 2.10. The molecule has 5 nitrogen and oxygen atoms in total. The molecule has 0 fully saturated rings. The number of rotatable bonds is 5. The van der Waals surface area contributed by atoms with E-state index in [1.54, 1.807) is 29.2 Å². The van der Waals surface area contributed by atoms with Gasteiger partial charge in [-0.05, 0) is 31.2 Å². The Labute approximate surface area is 142 Å². The largest absolute Gasteiger partial charge is 0.419 e. The highest BCUT2D eigenvalue weighted by atomic mass is 16.6. The highest BCUT2D eigenvalue weighted by Crippen LogP contribution is 2.20. The van der Waals surface area contributed by atoms with Crippen molar-refractivity contribution >= 4 is 23.4 Å². The van der Waals surface area contributed by atoms with Gasteiger partial charge in [0.05, 0.1) is 0 Å². The Morgan fingerprint density at radius 3 is 2.42 bits per heavy atom. The van der Waals surface area contributed by atoms with E-state index in [9.17, 15) is 9.59 Å². The van der Waals surface area contributed by atoms with Gasteiger partial charge in [0, 0.05) is 29.9 Å². The van der Waals surface area contributed by atoms with Crippen molar-refractivity contribution in [3.8, 4) is 5.75 Å². The normalized spacial score (nSPS) is 10.3. The number of amides is 2. The Balaban J connectivity index is 2.09. The molecule has 2 rings (SSSR count). The van der Waals surface area contributed by atoms with Crippen molar-refractivity contribution in [1.29, 1.82) is 0 Å². The van der Waals surface area contributed by atoms with Crippen LogP contribution in [0.2, 0.25) is 0 Å². The maximum Gasteiger partial charge on any atom is 0.419 e. The molecule has 2 aromatic rings. The summed E-state index contributed by atoms with van der Waals surface area (Å²) in [5.41, 5.74) is 1.37. The van der Waals surface area contributed by atoms with Crippen molar-refractivity contribution in [3.05, 3.63) is 54.6 Å². The van der Waals surface area contributed by atoms with Crippen LogP contribution in [-0.2, 0) is 4.79 Å². The van der Waals surface area contributed by atoms with Crippen LogP contribution in [0.3, 0.4) is 0 Å². The van der Waals surface area contributed by atoms with E-state index >= 15 is 0 Å². The lowest BCUT2D eigenvalue weighted by Gasteiger charge is -2.20. The summed E-state index contributed by atoms with van der Waals surface area (Å²) in [4.78, 5) is 25.7. The number of nitrogens with one attached hydrogen (secondary N) is 1. The number of benzene rings is 2. The smallest absolute Gasteiger partial charge is 0.410 e. The highest BCUT2D eigenvalue weighted by Gasteiger charge is 2.16. The molecule has 0 aliphatic rings. The van der Waals surface area contributed by atoms with Crippen LogP contribution in [-0.4, -0.2) is 18.5 Å². The van der Waals surface area contributed by atoms with E-state index in [1.165, 1.54) is 0 Å². The molecule has 0 aromatic heterocycles. The lowest BCUT2D eigenvalue weighted by atomic mass is 10.2. The van der Waals surface area contributed by atoms with Crippen LogP contribution in [0.4, 0.5) is 16.2 Å². The summed E-state index contributed by atoms with van der Waals surface area (Å²) in [6.45, 7) is 6.01. The Hall–Kier alpha value is -2.82. The number of carbonyl (C=O) groups is 2. The first kappa shape index (κ1) is 17.5. The van der Waals surface area contributed by atoms with E-state index in [0.29, 0.717) is 18.0 Å². The predicted octanol–water partition coefficient (Wildman–Crippen LogP) is 4.31. The number of nitrogens with zero attached hydrogens (tertiary/aromatic N) is 1. The first-order chi connectivity index (χ1) is 11.5. The van der Waals surface area contributed by atoms with Crippen molar-refractivity contribution in [3.63, 3.8) is 0 Å². The van der Waals surface area contributed by atoms with Gasteiger partial charge >= 0.3 is 6.09 Å². The molecule has 0 heterocycles. The molecule has 2 aromatic carbocycles. The summed E-state index contributed by atoms with van der Waals surface area (Å²) in [7, 11) is 0. The topological polar surface area (TPSA) is 58.6 Å². The average Bonchev–Trinajstić information content (AvgIpc) is 2.56. The fraction of sp³-hybridized carbons (Fsp3) is 0.263. The number of para-hydroxylation sites is 1. The fourth-order valence-corrected chi connectivity index (χ4v) is 2.10. The highest BCUT2D eigenvalue weighted by molar-refractivity contribution is 5.92. The van der Waals surface area contributed by atoms with Crippen molar-refractivity contribution < 1.29 is 14.3 Å². The molecule has 0 saturated heterocycles. The molecule has 24 heavy (non-hydrogen) atoms. The van der Waals surface area contributed by atoms with Gasteiger partial charge in [0.15, 0.2) is 0 Å². The Morgan fingerprint density at radius 1 is 1.08 bits per heavy atom. The molecule has 0 atom stereocenters. The van der Waals surface area contributed by atoms with E-state index < -0.39 is 6.09 Å². The van der Waals surface area contributed by atoms with E-state index in [-0.39, 0.29) is 11.8 Å². The molecule has 126 valence electrons. The maximum absolute atomic E-state index is 12.4. The zero-order valence-corrected chi connectivity index (χ0v) is 14.2. The van der Waals surface area contributed by atoms with Crippen LogP contribution >= 0.6 is 0 Å². The van der Waals surface area contributed by atoms with Crippen LogP contribution < -0.4 is 15.0 Å². The number of carbonyl (C=O) groups excluding carboxylic acids is 2. The molecule has 0 aliphatic carbocycles. The second-order valence-electron chi connectivity index (χ2n) is 5.62. The van der Waals surface area contributed by atoms with E-state index in [1.807, 2.05) is 51.1 Å². The second-order valence-corrected chi connectivity index (χ2v) is 5.62. The number of hydrogen-bond donors (Lipinski definition) is 1. The Morgan fingerprint density at radius 2 is 1.79 bits per heavy atom. The maximum atomic E-state index is 12.4.